The first kappa shape index (κ1) is 88.3. The lowest BCUT2D eigenvalue weighted by molar-refractivity contribution is -0.138. The van der Waals surface area contributed by atoms with E-state index in [0.717, 1.165) is 136 Å². The molecule has 16 rings (SSSR count). The number of aryl methyl sites for hydroxylation is 3. The number of nitrogens with zero attached hydrogens (tertiary/aromatic N) is 10. The number of fused-ring (bicyclic) bond motifs is 5. The van der Waals surface area contributed by atoms with Gasteiger partial charge < -0.3 is 57.9 Å². The first-order chi connectivity index (χ1) is 57.7. The van der Waals surface area contributed by atoms with Crippen molar-refractivity contribution in [1.29, 1.82) is 0 Å². The topological polar surface area (TPSA) is 251 Å². The molecule has 5 aliphatic rings. The van der Waals surface area contributed by atoms with Crippen molar-refractivity contribution in [2.45, 2.75) is 72.5 Å². The Kier molecular flexibility index (Phi) is 29.7. The Morgan fingerprint density at radius 2 is 0.942 bits per heavy atom. The molecule has 0 aromatic heterocycles. The van der Waals surface area contributed by atoms with Crippen molar-refractivity contribution in [2.75, 3.05) is 81.6 Å². The number of hydrogen-bond donors (Lipinski definition) is 5. The van der Waals surface area contributed by atoms with Gasteiger partial charge in [0, 0.05) is 84.9 Å². The van der Waals surface area contributed by atoms with Crippen molar-refractivity contribution in [1.82, 2.24) is 0 Å². The largest absolute Gasteiger partial charge is 0.492 e. The van der Waals surface area contributed by atoms with Crippen molar-refractivity contribution in [2.24, 2.45) is 53.6 Å². The first-order valence-corrected chi connectivity index (χ1v) is 44.0. The number of alkyl halides is 6. The number of nitrogens with two attached hydrogens (primary N) is 5. The fourth-order valence-corrected chi connectivity index (χ4v) is 17.6. The number of aliphatic imine (C=N–C) groups is 5. The average molecular weight is 1840 g/mol. The number of rotatable bonds is 9. The van der Waals surface area contributed by atoms with E-state index in [-0.39, 0.29) is 34.8 Å². The van der Waals surface area contributed by atoms with Gasteiger partial charge in [-0.1, -0.05) is 155 Å². The summed E-state index contributed by atoms with van der Waals surface area (Å²) in [6, 6.07) is 74.5. The maximum atomic E-state index is 13.9. The van der Waals surface area contributed by atoms with Crippen LogP contribution in [0, 0.1) is 5.82 Å². The van der Waals surface area contributed by atoms with E-state index in [2.05, 4.69) is 164 Å². The van der Waals surface area contributed by atoms with E-state index in [1.807, 2.05) is 97.9 Å². The van der Waals surface area contributed by atoms with Gasteiger partial charge in [0.15, 0.2) is 9.84 Å². The van der Waals surface area contributed by atoms with Crippen molar-refractivity contribution in [3.8, 4) is 16.9 Å². The molecule has 622 valence electrons. The van der Waals surface area contributed by atoms with Crippen molar-refractivity contribution in [3.05, 3.63) is 296 Å². The van der Waals surface area contributed by atoms with Crippen LogP contribution in [0.25, 0.3) is 11.1 Å². The van der Waals surface area contributed by atoms with Crippen molar-refractivity contribution < 1.29 is 43.9 Å². The maximum Gasteiger partial charge on any atom is 0.416 e. The molecule has 11 aromatic rings. The fourth-order valence-electron chi connectivity index (χ4n) is 13.8. The molecular formula is C89H85Br2ClF7N15O3S3. The highest BCUT2D eigenvalue weighted by molar-refractivity contribution is 9.11. The van der Waals surface area contributed by atoms with E-state index in [9.17, 15) is 39.2 Å². The van der Waals surface area contributed by atoms with Crippen LogP contribution >= 0.6 is 67.0 Å². The number of hydrogen-bond acceptors (Lipinski definition) is 10. The van der Waals surface area contributed by atoms with Gasteiger partial charge in [0.25, 0.3) is 0 Å². The van der Waals surface area contributed by atoms with Gasteiger partial charge >= 0.3 is 12.4 Å². The summed E-state index contributed by atoms with van der Waals surface area (Å²) < 4.78 is 123. The minimum absolute atomic E-state index is 0.0953. The molecule has 18 nitrogen and oxygen atoms in total. The standard InChI is InChI=1S/C22H21N3.C18H21N3O.C17H19N3S.C16H12Br2F3N3O2S.C16H12ClF4N3S/c23-22(25-16-8-12-18-11-4-7-15-21(18)25)24-20-14-6-5-13-19(20)17-9-2-1-3-10-17;1-2-22-17-12-6-4-10-15(17)20-18(19)21-13-7-9-14-8-3-5-11-16(14)21;1-21-16-11-5-3-9-14(16)19-17(18)20-12-6-8-13-7-2-4-10-15(13)20;17-10-2-3-11(18)12(8-10)23-15(22)24-5-6-27(25,26)14-4-1-9(7-13(14)24)16(19,20)21;17-10-2-4-14-13(8-10)24(5-6-25-14)15(22)23-12-7-9(16(19,20)21)1-3-11(12)18/h1-7,9-11,13-15H,8,12,16H2,(H2,23,24);3-6,8,10-12H,2,7,9,13H2,1H3,(H2,19,20);2-5,7,9-11H,6,8,12H2,1H3,(H2,18,19);1-4,7-8H,5-6H2,(H2,22,23);1-4,7-8H,5-6H2,(H2,22,23). The average Bonchev–Trinajstić information content (AvgIpc) is 0.756. The molecule has 0 amide bonds. The molecule has 0 fully saturated rings. The van der Waals surface area contributed by atoms with E-state index in [4.69, 9.17) is 50.0 Å². The van der Waals surface area contributed by atoms with Crippen LogP contribution in [0.15, 0.2) is 297 Å². The molecule has 120 heavy (non-hydrogen) atoms. The second-order valence-electron chi connectivity index (χ2n) is 27.5. The van der Waals surface area contributed by atoms with E-state index in [0.29, 0.717) is 69.8 Å². The van der Waals surface area contributed by atoms with Gasteiger partial charge in [-0.2, -0.15) is 26.3 Å². The predicted molar refractivity (Wildman–Crippen MR) is 484 cm³/mol. The molecule has 0 unspecified atom stereocenters. The molecule has 11 aromatic carbocycles. The summed E-state index contributed by atoms with van der Waals surface area (Å²) in [6.07, 6.45) is -0.556. The number of ether oxygens (including phenoxy) is 1. The van der Waals surface area contributed by atoms with Gasteiger partial charge in [-0.3, -0.25) is 0 Å². The maximum absolute atomic E-state index is 13.9. The molecule has 0 bridgehead atoms. The summed E-state index contributed by atoms with van der Waals surface area (Å²) in [7, 11) is -3.69. The quantitative estimate of drug-likeness (QED) is 0.0390. The van der Waals surface area contributed by atoms with Gasteiger partial charge in [0.05, 0.1) is 56.8 Å². The molecule has 0 saturated carbocycles. The molecule has 5 aliphatic heterocycles. The molecule has 0 radical (unpaired) electrons. The van der Waals surface area contributed by atoms with E-state index in [1.165, 1.54) is 33.0 Å². The van der Waals surface area contributed by atoms with E-state index < -0.39 is 44.8 Å². The lowest BCUT2D eigenvalue weighted by atomic mass is 10.0. The van der Waals surface area contributed by atoms with Crippen LogP contribution in [0.5, 0.6) is 5.75 Å². The summed E-state index contributed by atoms with van der Waals surface area (Å²) in [5.41, 5.74) is 41.9. The number of para-hydroxylation sites is 7. The Morgan fingerprint density at radius 3 is 1.52 bits per heavy atom. The summed E-state index contributed by atoms with van der Waals surface area (Å²) >= 11 is 15.9. The Morgan fingerprint density at radius 1 is 0.475 bits per heavy atom. The highest BCUT2D eigenvalue weighted by Gasteiger charge is 2.37. The monoisotopic (exact) mass is 1830 g/mol. The van der Waals surface area contributed by atoms with Crippen LogP contribution in [0.1, 0.15) is 54.0 Å². The number of sulfone groups is 1. The Hall–Kier alpha value is -11.0. The molecule has 5 heterocycles. The lowest BCUT2D eigenvalue weighted by Crippen LogP contribution is -2.44. The van der Waals surface area contributed by atoms with Crippen molar-refractivity contribution >= 4 is 163 Å². The zero-order valence-corrected chi connectivity index (χ0v) is 71.5. The minimum Gasteiger partial charge on any atom is -0.492 e. The van der Waals surface area contributed by atoms with Gasteiger partial charge in [-0.25, -0.2) is 37.8 Å². The fraction of sp³-hybridized carbons (Fsp3) is 0.202. The normalized spacial score (nSPS) is 15.2. The van der Waals surface area contributed by atoms with Crippen LogP contribution < -0.4 is 57.9 Å². The number of guanidine groups is 5. The number of halogens is 10. The zero-order valence-electron chi connectivity index (χ0n) is 65.2. The van der Waals surface area contributed by atoms with Crippen LogP contribution in [0.4, 0.5) is 87.6 Å². The third-order valence-electron chi connectivity index (χ3n) is 19.6. The van der Waals surface area contributed by atoms with Gasteiger partial charge in [-0.15, -0.1) is 23.5 Å². The molecule has 0 atom stereocenters. The third-order valence-corrected chi connectivity index (χ3v) is 24.6. The van der Waals surface area contributed by atoms with Gasteiger partial charge in [0.2, 0.25) is 29.8 Å². The van der Waals surface area contributed by atoms with Crippen LogP contribution in [-0.2, 0) is 41.5 Å². The van der Waals surface area contributed by atoms with Gasteiger partial charge in [-0.05, 0) is 211 Å². The van der Waals surface area contributed by atoms with Crippen LogP contribution in [0.2, 0.25) is 5.02 Å². The molecule has 0 saturated heterocycles. The Bertz CT molecular complexity index is 5750. The van der Waals surface area contributed by atoms with Crippen LogP contribution in [0.3, 0.4) is 0 Å². The minimum atomic E-state index is -4.61. The summed E-state index contributed by atoms with van der Waals surface area (Å²) in [5, 5.41) is 0.490. The van der Waals surface area contributed by atoms with Gasteiger partial charge in [0.1, 0.15) is 22.9 Å². The van der Waals surface area contributed by atoms with E-state index >= 15 is 0 Å². The lowest BCUT2D eigenvalue weighted by Gasteiger charge is -2.30. The number of benzene rings is 11. The van der Waals surface area contributed by atoms with Crippen molar-refractivity contribution in [3.63, 3.8) is 0 Å². The van der Waals surface area contributed by atoms with E-state index in [1.54, 1.807) is 58.8 Å². The second kappa shape index (κ2) is 40.4. The second-order valence-corrected chi connectivity index (χ2v) is 33.7. The smallest absolute Gasteiger partial charge is 0.416 e. The molecular weight excluding hydrogens is 1750 g/mol. The molecule has 0 spiro atoms. The summed E-state index contributed by atoms with van der Waals surface area (Å²) in [6.45, 7) is 5.67. The predicted octanol–water partition coefficient (Wildman–Crippen LogP) is 21.6. The Labute approximate surface area is 723 Å². The number of anilines is 5. The third kappa shape index (κ3) is 22.3. The first-order valence-electron chi connectivity index (χ1n) is 38.2. The summed E-state index contributed by atoms with van der Waals surface area (Å²) in [5.74, 6) is 1.74. The Balaban J connectivity index is 0.000000138. The SMILES string of the molecule is CCOc1ccccc1N=C(N)N1CCCc2ccccc21.CSc1ccccc1N=C(N)N1CCCc2ccccc21.NC(=Nc1cc(Br)ccc1Br)N1CCS(=O)(=O)c2ccc(C(F)(F)F)cc21.NC(=Nc1cc(C(F)(F)F)ccc1F)N1CCSc2ccc(Cl)cc21.NC(=Nc1ccccc1-c1ccccc1)N1CCCc2ccccc21. The summed E-state index contributed by atoms with van der Waals surface area (Å²) in [4.78, 5) is 33.2. The highest BCUT2D eigenvalue weighted by atomic mass is 79.9. The molecule has 31 heteroatoms. The highest BCUT2D eigenvalue weighted by Crippen LogP contribution is 2.42. The number of thioether (sulfide) groups is 2. The van der Waals surface area contributed by atoms with Crippen LogP contribution in [-0.4, -0.2) is 95.3 Å². The zero-order chi connectivity index (χ0) is 85.3. The molecule has 0 aliphatic carbocycles. The molecule has 10 N–H and O–H groups in total.